The van der Waals surface area contributed by atoms with Gasteiger partial charge in [-0.2, -0.15) is 18.3 Å². The average Bonchev–Trinajstić information content (AvgIpc) is 3.23. The highest BCUT2D eigenvalue weighted by Crippen LogP contribution is 2.33. The zero-order valence-corrected chi connectivity index (χ0v) is 17.6. The van der Waals surface area contributed by atoms with Gasteiger partial charge in [0, 0.05) is 6.07 Å². The zero-order valence-electron chi connectivity index (χ0n) is 16.8. The molecule has 4 aromatic rings. The van der Waals surface area contributed by atoms with Crippen LogP contribution in [-0.2, 0) is 6.18 Å². The van der Waals surface area contributed by atoms with E-state index in [0.29, 0.717) is 10.4 Å². The van der Waals surface area contributed by atoms with Crippen LogP contribution in [0, 0.1) is 6.92 Å². The van der Waals surface area contributed by atoms with Crippen LogP contribution in [0.1, 0.15) is 21.6 Å². The number of benzene rings is 1. The van der Waals surface area contributed by atoms with E-state index in [0.717, 1.165) is 11.8 Å². The Balaban J connectivity index is 1.54. The number of pyridine rings is 1. The van der Waals surface area contributed by atoms with E-state index in [4.69, 9.17) is 16.3 Å². The molecule has 0 saturated carbocycles. The van der Waals surface area contributed by atoms with Gasteiger partial charge >= 0.3 is 6.18 Å². The van der Waals surface area contributed by atoms with E-state index in [9.17, 15) is 18.0 Å². The third kappa shape index (κ3) is 5.09. The molecule has 8 nitrogen and oxygen atoms in total. The number of rotatable bonds is 5. The maximum atomic E-state index is 13.7. The van der Waals surface area contributed by atoms with Gasteiger partial charge in [-0.15, -0.1) is 10.2 Å². The fourth-order valence-electron chi connectivity index (χ4n) is 2.82. The summed E-state index contributed by atoms with van der Waals surface area (Å²) in [5.41, 5.74) is -0.760. The van der Waals surface area contributed by atoms with Gasteiger partial charge in [0.2, 0.25) is 5.88 Å². The van der Waals surface area contributed by atoms with E-state index < -0.39 is 23.3 Å². The average molecular weight is 475 g/mol. The van der Waals surface area contributed by atoms with Crippen molar-refractivity contribution >= 4 is 23.2 Å². The molecule has 33 heavy (non-hydrogen) atoms. The van der Waals surface area contributed by atoms with E-state index in [1.807, 2.05) is 19.1 Å². The number of anilines is 1. The third-order valence-electron chi connectivity index (χ3n) is 4.35. The molecule has 0 aliphatic heterocycles. The van der Waals surface area contributed by atoms with Crippen LogP contribution < -0.4 is 10.1 Å². The topological polar surface area (TPSA) is 94.8 Å². The van der Waals surface area contributed by atoms with Gasteiger partial charge in [0.25, 0.3) is 5.91 Å². The molecule has 168 valence electrons. The van der Waals surface area contributed by atoms with Gasteiger partial charge in [-0.05, 0) is 37.3 Å². The Labute approximate surface area is 190 Å². The van der Waals surface area contributed by atoms with Crippen LogP contribution in [0.15, 0.2) is 60.9 Å². The quantitative estimate of drug-likeness (QED) is 0.433. The summed E-state index contributed by atoms with van der Waals surface area (Å²) < 4.78 is 47.3. The number of nitrogens with zero attached hydrogens (tertiary/aromatic N) is 5. The van der Waals surface area contributed by atoms with E-state index in [1.54, 1.807) is 12.1 Å². The Morgan fingerprint density at radius 3 is 2.39 bits per heavy atom. The molecule has 0 saturated heterocycles. The summed E-state index contributed by atoms with van der Waals surface area (Å²) in [5.74, 6) is -0.450. The summed E-state index contributed by atoms with van der Waals surface area (Å²) in [4.78, 5) is 16.7. The number of carbonyl (C=O) groups is 1. The number of carbonyl (C=O) groups excluding carboxylic acids is 1. The predicted molar refractivity (Wildman–Crippen MR) is 113 cm³/mol. The molecule has 3 heterocycles. The lowest BCUT2D eigenvalue weighted by molar-refractivity contribution is -0.143. The van der Waals surface area contributed by atoms with E-state index in [-0.39, 0.29) is 22.5 Å². The molecule has 0 atom stereocenters. The van der Waals surface area contributed by atoms with Crippen molar-refractivity contribution in [2.45, 2.75) is 13.1 Å². The maximum absolute atomic E-state index is 13.7. The number of alkyl halides is 3. The molecular formula is C21H14ClF3N6O2. The van der Waals surface area contributed by atoms with Crippen LogP contribution in [-0.4, -0.2) is 30.9 Å². The summed E-state index contributed by atoms with van der Waals surface area (Å²) in [6.07, 6.45) is -2.82. The van der Waals surface area contributed by atoms with Gasteiger partial charge < -0.3 is 10.1 Å². The van der Waals surface area contributed by atoms with Gasteiger partial charge in [0.15, 0.2) is 16.7 Å². The predicted octanol–water partition coefficient (Wildman–Crippen LogP) is 5.08. The second-order valence-electron chi connectivity index (χ2n) is 6.79. The van der Waals surface area contributed by atoms with Gasteiger partial charge in [-0.25, -0.2) is 9.67 Å². The lowest BCUT2D eigenvalue weighted by atomic mass is 10.2. The van der Waals surface area contributed by atoms with Crippen LogP contribution in [0.25, 0.3) is 5.82 Å². The van der Waals surface area contributed by atoms with E-state index in [2.05, 4.69) is 25.6 Å². The Bertz CT molecular complexity index is 1270. The molecular weight excluding hydrogens is 461 g/mol. The first-order chi connectivity index (χ1) is 15.7. The van der Waals surface area contributed by atoms with Gasteiger partial charge in [0.1, 0.15) is 5.75 Å². The summed E-state index contributed by atoms with van der Waals surface area (Å²) in [6, 6.07) is 12.7. The number of amides is 1. The lowest BCUT2D eigenvalue weighted by Crippen LogP contribution is -2.21. The summed E-state index contributed by atoms with van der Waals surface area (Å²) in [5, 5.41) is 13.1. The van der Waals surface area contributed by atoms with Gasteiger partial charge in [0.05, 0.1) is 23.6 Å². The van der Waals surface area contributed by atoms with Crippen LogP contribution in [0.5, 0.6) is 11.6 Å². The van der Waals surface area contributed by atoms with Crippen LogP contribution >= 0.6 is 11.6 Å². The van der Waals surface area contributed by atoms with Crippen LogP contribution in [0.3, 0.4) is 0 Å². The maximum Gasteiger partial charge on any atom is 0.434 e. The normalized spacial score (nSPS) is 11.3. The van der Waals surface area contributed by atoms with Crippen molar-refractivity contribution in [3.63, 3.8) is 0 Å². The number of hydrogen-bond acceptors (Lipinski definition) is 6. The molecule has 0 unspecified atom stereocenters. The second-order valence-corrected chi connectivity index (χ2v) is 7.17. The minimum Gasteiger partial charge on any atom is -0.439 e. The minimum atomic E-state index is -4.89. The van der Waals surface area contributed by atoms with Crippen molar-refractivity contribution in [3.05, 3.63) is 82.9 Å². The molecule has 1 aromatic carbocycles. The van der Waals surface area contributed by atoms with E-state index in [1.165, 1.54) is 30.5 Å². The Morgan fingerprint density at radius 1 is 1.03 bits per heavy atom. The highest BCUT2D eigenvalue weighted by atomic mass is 35.5. The molecule has 3 aromatic heterocycles. The number of nitrogens with one attached hydrogen (secondary N) is 1. The van der Waals surface area contributed by atoms with Crippen molar-refractivity contribution in [3.8, 4) is 17.4 Å². The minimum absolute atomic E-state index is 0.000244. The number of aryl methyl sites for hydroxylation is 1. The standard InChI is InChI=1S/C21H14ClF3N6O2/c1-12-2-5-14(6-3-12)33-18-9-4-13(10-26-18)28-20(32)15-11-27-31(19(15)21(23,24)25)17-8-7-16(22)29-30-17/h2-11H,1H3,(H,28,32). The van der Waals surface area contributed by atoms with E-state index >= 15 is 0 Å². The number of ether oxygens (including phenoxy) is 1. The van der Waals surface area contributed by atoms with Crippen molar-refractivity contribution in [2.75, 3.05) is 5.32 Å². The molecule has 1 N–H and O–H groups in total. The van der Waals surface area contributed by atoms with Crippen LogP contribution in [0.2, 0.25) is 5.15 Å². The van der Waals surface area contributed by atoms with Gasteiger partial charge in [-0.1, -0.05) is 29.3 Å². The first kappa shape index (κ1) is 22.2. The Hall–Kier alpha value is -3.99. The summed E-state index contributed by atoms with van der Waals surface area (Å²) in [7, 11) is 0. The molecule has 0 bridgehead atoms. The van der Waals surface area contributed by atoms with Crippen LogP contribution in [0.4, 0.5) is 18.9 Å². The molecule has 12 heteroatoms. The highest BCUT2D eigenvalue weighted by Gasteiger charge is 2.41. The monoisotopic (exact) mass is 474 g/mol. The number of halogens is 4. The number of hydrogen-bond donors (Lipinski definition) is 1. The second kappa shape index (κ2) is 8.87. The Kier molecular flexibility index (Phi) is 5.97. The molecule has 0 aliphatic rings. The van der Waals surface area contributed by atoms with Crippen molar-refractivity contribution in [1.82, 2.24) is 25.0 Å². The lowest BCUT2D eigenvalue weighted by Gasteiger charge is -2.12. The first-order valence-corrected chi connectivity index (χ1v) is 9.75. The zero-order chi connectivity index (χ0) is 23.6. The van der Waals surface area contributed by atoms with Crippen molar-refractivity contribution < 1.29 is 22.7 Å². The Morgan fingerprint density at radius 2 is 1.79 bits per heavy atom. The van der Waals surface area contributed by atoms with Crippen molar-refractivity contribution in [2.24, 2.45) is 0 Å². The molecule has 0 fully saturated rings. The largest absolute Gasteiger partial charge is 0.439 e. The highest BCUT2D eigenvalue weighted by molar-refractivity contribution is 6.29. The molecule has 4 rings (SSSR count). The smallest absolute Gasteiger partial charge is 0.434 e. The fraction of sp³-hybridized carbons (Fsp3) is 0.0952. The molecule has 1 amide bonds. The number of aromatic nitrogens is 5. The SMILES string of the molecule is Cc1ccc(Oc2ccc(NC(=O)c3cnn(-c4ccc(Cl)nn4)c3C(F)(F)F)cn2)cc1. The third-order valence-corrected chi connectivity index (χ3v) is 4.56. The molecule has 0 aliphatic carbocycles. The fourth-order valence-corrected chi connectivity index (χ4v) is 2.92. The first-order valence-electron chi connectivity index (χ1n) is 9.37. The summed E-state index contributed by atoms with van der Waals surface area (Å²) in [6.45, 7) is 1.94. The summed E-state index contributed by atoms with van der Waals surface area (Å²) >= 11 is 5.63. The molecule has 0 spiro atoms. The van der Waals surface area contributed by atoms with Gasteiger partial charge in [-0.3, -0.25) is 4.79 Å². The van der Waals surface area contributed by atoms with Crippen molar-refractivity contribution in [1.29, 1.82) is 0 Å². The molecule has 0 radical (unpaired) electrons.